The lowest BCUT2D eigenvalue weighted by Gasteiger charge is -2.10. The van der Waals surface area contributed by atoms with Crippen molar-refractivity contribution in [2.24, 2.45) is 0 Å². The largest absolute Gasteiger partial charge is 0.423 e. The maximum atomic E-state index is 10.8. The Balaban J connectivity index is -0.000000609. The van der Waals surface area contributed by atoms with Crippen LogP contribution in [-0.2, 0) is 4.79 Å². The van der Waals surface area contributed by atoms with Gasteiger partial charge in [-0.15, -0.1) is 13.2 Å². The first-order valence-corrected chi connectivity index (χ1v) is 5.95. The van der Waals surface area contributed by atoms with Crippen molar-refractivity contribution in [2.75, 3.05) is 0 Å². The van der Waals surface area contributed by atoms with Gasteiger partial charge in [-0.05, 0) is 0 Å². The van der Waals surface area contributed by atoms with E-state index < -0.39 is 5.97 Å². The van der Waals surface area contributed by atoms with Crippen LogP contribution in [0.25, 0.3) is 0 Å². The molecule has 0 unspecified atom stereocenters. The molecule has 0 aliphatic rings. The summed E-state index contributed by atoms with van der Waals surface area (Å²) in [6, 6.07) is 0. The predicted molar refractivity (Wildman–Crippen MR) is 84.1 cm³/mol. The zero-order valence-electron chi connectivity index (χ0n) is 10.0. The minimum atomic E-state index is -0.590. The summed E-state index contributed by atoms with van der Waals surface area (Å²) in [7, 11) is 0. The van der Waals surface area contributed by atoms with Crippen molar-refractivity contribution in [2.45, 2.75) is 6.92 Å². The van der Waals surface area contributed by atoms with Gasteiger partial charge in [0.15, 0.2) is 5.75 Å². The second-order valence-electron chi connectivity index (χ2n) is 2.49. The number of esters is 1. The summed E-state index contributed by atoms with van der Waals surface area (Å²) in [6.45, 7) is 7.20. The third-order valence-corrected chi connectivity index (χ3v) is 3.66. The zero-order chi connectivity index (χ0) is 13.7. The van der Waals surface area contributed by atoms with Crippen molar-refractivity contribution in [3.63, 3.8) is 0 Å². The maximum Gasteiger partial charge on any atom is 0.308 e. The smallest absolute Gasteiger partial charge is 0.308 e. The highest BCUT2D eigenvalue weighted by molar-refractivity contribution is 6.55. The van der Waals surface area contributed by atoms with Gasteiger partial charge in [0.1, 0.15) is 10.0 Å². The van der Waals surface area contributed by atoms with Crippen LogP contribution in [0.4, 0.5) is 0 Å². The average Bonchev–Trinajstić information content (AvgIpc) is 2.32. The molecule has 0 heterocycles. The number of hydrogen-bond acceptors (Lipinski definition) is 4. The molecule has 1 aromatic carbocycles. The van der Waals surface area contributed by atoms with Crippen molar-refractivity contribution in [3.05, 3.63) is 38.3 Å². The van der Waals surface area contributed by atoms with E-state index in [2.05, 4.69) is 13.2 Å². The molecule has 0 aromatic heterocycles. The van der Waals surface area contributed by atoms with E-state index in [1.807, 2.05) is 0 Å². The van der Waals surface area contributed by atoms with Gasteiger partial charge in [0.2, 0.25) is 0 Å². The molecule has 0 bridgehead atoms. The highest BCUT2D eigenvalue weighted by atomic mass is 35.5. The first kappa shape index (κ1) is 23.9. The molecule has 0 aliphatic heterocycles. The van der Waals surface area contributed by atoms with E-state index in [-0.39, 0.29) is 43.2 Å². The lowest BCUT2D eigenvalue weighted by Crippen LogP contribution is -2.03. The van der Waals surface area contributed by atoms with Gasteiger partial charge in [-0.25, -0.2) is 0 Å². The van der Waals surface area contributed by atoms with E-state index >= 15 is 0 Å². The monoisotopic (exact) mass is 368 g/mol. The maximum absolute atomic E-state index is 10.8. The third kappa shape index (κ3) is 5.75. The second-order valence-corrected chi connectivity index (χ2v) is 4.38. The Labute approximate surface area is 136 Å². The van der Waals surface area contributed by atoms with Crippen LogP contribution in [0.15, 0.2) is 13.2 Å². The standard InChI is InChI=1S/C8H3Cl5O2.C2H4.2H3N/c1-2(14)15-8-6(12)4(10)3(9)5(11)7(8)13;1-2;;/h1H3;1-2H2;2*1H3. The quantitative estimate of drug-likeness (QED) is 0.208. The summed E-state index contributed by atoms with van der Waals surface area (Å²) >= 11 is 28.8. The number of benzene rings is 1. The molecule has 9 heteroatoms. The van der Waals surface area contributed by atoms with Crippen molar-refractivity contribution >= 4 is 64.0 Å². The fourth-order valence-electron chi connectivity index (χ4n) is 0.818. The number of hydrogen-bond donors (Lipinski definition) is 2. The molecule has 0 amide bonds. The number of rotatable bonds is 1. The molecular formula is C10H13Cl5N2O2. The molecule has 0 atom stereocenters. The molecule has 0 fully saturated rings. The summed E-state index contributed by atoms with van der Waals surface area (Å²) in [5.74, 6) is -0.682. The first-order chi connectivity index (χ1) is 7.86. The molecule has 0 aliphatic carbocycles. The lowest BCUT2D eigenvalue weighted by molar-refractivity contribution is -0.131. The van der Waals surface area contributed by atoms with Crippen LogP contribution >= 0.6 is 58.0 Å². The van der Waals surface area contributed by atoms with Crippen LogP contribution in [0.5, 0.6) is 5.75 Å². The van der Waals surface area contributed by atoms with Crippen molar-refractivity contribution in [1.82, 2.24) is 12.3 Å². The third-order valence-electron chi connectivity index (χ3n) is 1.42. The van der Waals surface area contributed by atoms with Gasteiger partial charge in [0, 0.05) is 6.92 Å². The minimum Gasteiger partial charge on any atom is -0.423 e. The summed E-state index contributed by atoms with van der Waals surface area (Å²) in [6.07, 6.45) is 0. The average molecular weight is 370 g/mol. The normalized spacial score (nSPS) is 8.32. The summed E-state index contributed by atoms with van der Waals surface area (Å²) < 4.78 is 4.76. The van der Waals surface area contributed by atoms with Crippen LogP contribution in [0.2, 0.25) is 25.1 Å². The fraction of sp³-hybridized carbons (Fsp3) is 0.100. The summed E-state index contributed by atoms with van der Waals surface area (Å²) in [4.78, 5) is 10.8. The predicted octanol–water partition coefficient (Wildman–Crippen LogP) is 6.01. The number of carbonyl (C=O) groups excluding carboxylic acids is 1. The molecule has 6 N–H and O–H groups in total. The Morgan fingerprint density at radius 3 is 1.37 bits per heavy atom. The summed E-state index contributed by atoms with van der Waals surface area (Å²) in [5.41, 5.74) is 0. The van der Waals surface area contributed by atoms with Crippen LogP contribution in [0, 0.1) is 0 Å². The van der Waals surface area contributed by atoms with E-state index in [1.165, 1.54) is 6.92 Å². The molecule has 0 saturated heterocycles. The van der Waals surface area contributed by atoms with Crippen LogP contribution < -0.4 is 17.0 Å². The minimum absolute atomic E-state index is 0. The molecule has 0 spiro atoms. The van der Waals surface area contributed by atoms with E-state index in [1.54, 1.807) is 0 Å². The Bertz CT molecular complexity index is 425. The van der Waals surface area contributed by atoms with E-state index in [4.69, 9.17) is 62.7 Å². The first-order valence-electron chi connectivity index (χ1n) is 4.06. The van der Waals surface area contributed by atoms with Crippen molar-refractivity contribution < 1.29 is 9.53 Å². The Morgan fingerprint density at radius 2 is 1.11 bits per heavy atom. The Kier molecular flexibility index (Phi) is 13.3. The number of halogens is 5. The van der Waals surface area contributed by atoms with E-state index in [9.17, 15) is 4.79 Å². The SMILES string of the molecule is C=C.CC(=O)Oc1c(Cl)c(Cl)c(Cl)c(Cl)c1Cl.N.N. The number of ether oxygens (including phenoxy) is 1. The molecule has 0 radical (unpaired) electrons. The molecule has 1 rings (SSSR count). The Hall–Kier alpha value is -0.200. The highest BCUT2D eigenvalue weighted by Gasteiger charge is 2.21. The van der Waals surface area contributed by atoms with E-state index in [0.29, 0.717) is 0 Å². The van der Waals surface area contributed by atoms with Crippen molar-refractivity contribution in [3.8, 4) is 5.75 Å². The Morgan fingerprint density at radius 1 is 0.842 bits per heavy atom. The molecule has 0 saturated carbocycles. The molecule has 110 valence electrons. The fourth-order valence-corrected chi connectivity index (χ4v) is 2.02. The van der Waals surface area contributed by atoms with Gasteiger partial charge in [-0.3, -0.25) is 4.79 Å². The van der Waals surface area contributed by atoms with Crippen molar-refractivity contribution in [1.29, 1.82) is 0 Å². The van der Waals surface area contributed by atoms with Gasteiger partial charge in [-0.1, -0.05) is 58.0 Å². The van der Waals surface area contributed by atoms with Crippen LogP contribution in [-0.4, -0.2) is 5.97 Å². The molecular weight excluding hydrogens is 357 g/mol. The molecule has 4 nitrogen and oxygen atoms in total. The van der Waals surface area contributed by atoms with Gasteiger partial charge >= 0.3 is 5.97 Å². The van der Waals surface area contributed by atoms with Gasteiger partial charge in [0.25, 0.3) is 0 Å². The summed E-state index contributed by atoms with van der Waals surface area (Å²) in [5, 5.41) is -0.102. The molecule has 1 aromatic rings. The second kappa shape index (κ2) is 10.6. The number of carbonyl (C=O) groups is 1. The molecule has 19 heavy (non-hydrogen) atoms. The van der Waals surface area contributed by atoms with Gasteiger partial charge in [0.05, 0.1) is 15.1 Å². The topological polar surface area (TPSA) is 96.3 Å². The van der Waals surface area contributed by atoms with Gasteiger partial charge in [-0.2, -0.15) is 0 Å². The van der Waals surface area contributed by atoms with Crippen LogP contribution in [0.3, 0.4) is 0 Å². The highest BCUT2D eigenvalue weighted by Crippen LogP contribution is 2.48. The van der Waals surface area contributed by atoms with Crippen LogP contribution in [0.1, 0.15) is 6.92 Å². The lowest BCUT2D eigenvalue weighted by atomic mass is 10.3. The van der Waals surface area contributed by atoms with E-state index in [0.717, 1.165) is 0 Å². The van der Waals surface area contributed by atoms with Gasteiger partial charge < -0.3 is 17.0 Å². The zero-order valence-corrected chi connectivity index (χ0v) is 13.8.